The first-order valence-electron chi connectivity index (χ1n) is 7.59. The molecular formula is C14H17F3N4O3. The Kier molecular flexibility index (Phi) is 4.48. The van der Waals surface area contributed by atoms with Crippen LogP contribution < -0.4 is 4.90 Å². The van der Waals surface area contributed by atoms with Crippen molar-refractivity contribution in [2.24, 2.45) is 5.92 Å². The molecule has 2 fully saturated rings. The van der Waals surface area contributed by atoms with Gasteiger partial charge in [-0.05, 0) is 0 Å². The standard InChI is InChI=1S/C14H17F3N4O3/c15-14(16,17)9-20-8-11(6-18-20)21-7-10(5-12(21)22)13(23)19-1-3-24-4-2-19/h6,8,10H,1-5,7,9H2/t10-/m1/s1. The second-order valence-electron chi connectivity index (χ2n) is 5.85. The first-order valence-corrected chi connectivity index (χ1v) is 7.59. The highest BCUT2D eigenvalue weighted by atomic mass is 19.4. The van der Waals surface area contributed by atoms with Crippen LogP contribution in [0.5, 0.6) is 0 Å². The van der Waals surface area contributed by atoms with Gasteiger partial charge in [-0.1, -0.05) is 0 Å². The van der Waals surface area contributed by atoms with Crippen molar-refractivity contribution in [1.29, 1.82) is 0 Å². The van der Waals surface area contributed by atoms with Gasteiger partial charge in [0.05, 0.1) is 31.0 Å². The Bertz CT molecular complexity index is 625. The second kappa shape index (κ2) is 6.42. The summed E-state index contributed by atoms with van der Waals surface area (Å²) in [6.45, 7) is 0.874. The monoisotopic (exact) mass is 346 g/mol. The molecule has 0 aliphatic carbocycles. The van der Waals surface area contributed by atoms with Crippen molar-refractivity contribution in [3.05, 3.63) is 12.4 Å². The van der Waals surface area contributed by atoms with Crippen molar-refractivity contribution < 1.29 is 27.5 Å². The summed E-state index contributed by atoms with van der Waals surface area (Å²) in [5, 5.41) is 3.63. The van der Waals surface area contributed by atoms with E-state index >= 15 is 0 Å². The van der Waals surface area contributed by atoms with Crippen LogP contribution in [-0.2, 0) is 20.9 Å². The number of nitrogens with zero attached hydrogens (tertiary/aromatic N) is 4. The Morgan fingerprint density at radius 3 is 2.71 bits per heavy atom. The fraction of sp³-hybridized carbons (Fsp3) is 0.643. The van der Waals surface area contributed by atoms with Crippen LogP contribution in [-0.4, -0.2) is 65.5 Å². The maximum absolute atomic E-state index is 12.4. The van der Waals surface area contributed by atoms with E-state index in [1.54, 1.807) is 4.90 Å². The molecule has 3 rings (SSSR count). The van der Waals surface area contributed by atoms with Crippen LogP contribution in [0.1, 0.15) is 6.42 Å². The average Bonchev–Trinajstić information content (AvgIpc) is 3.12. The zero-order valence-corrected chi connectivity index (χ0v) is 12.8. The van der Waals surface area contributed by atoms with E-state index in [4.69, 9.17) is 4.74 Å². The number of ether oxygens (including phenoxy) is 1. The Balaban J connectivity index is 1.65. The number of carbonyl (C=O) groups is 2. The summed E-state index contributed by atoms with van der Waals surface area (Å²) in [6, 6.07) is 0. The van der Waals surface area contributed by atoms with E-state index in [0.29, 0.717) is 26.3 Å². The number of morpholine rings is 1. The highest BCUT2D eigenvalue weighted by molar-refractivity contribution is 6.00. The average molecular weight is 346 g/mol. The molecule has 2 aliphatic rings. The van der Waals surface area contributed by atoms with E-state index in [2.05, 4.69) is 5.10 Å². The molecule has 10 heteroatoms. The zero-order valence-electron chi connectivity index (χ0n) is 12.8. The number of amides is 2. The lowest BCUT2D eigenvalue weighted by Crippen LogP contribution is -2.44. The minimum atomic E-state index is -4.38. The lowest BCUT2D eigenvalue weighted by atomic mass is 10.1. The summed E-state index contributed by atoms with van der Waals surface area (Å²) < 4.78 is 43.1. The van der Waals surface area contributed by atoms with Crippen LogP contribution >= 0.6 is 0 Å². The Morgan fingerprint density at radius 1 is 1.33 bits per heavy atom. The van der Waals surface area contributed by atoms with Crippen molar-refractivity contribution in [1.82, 2.24) is 14.7 Å². The quantitative estimate of drug-likeness (QED) is 0.806. The van der Waals surface area contributed by atoms with Gasteiger partial charge in [0.1, 0.15) is 6.54 Å². The van der Waals surface area contributed by atoms with Crippen LogP contribution in [0.4, 0.5) is 18.9 Å². The largest absolute Gasteiger partial charge is 0.408 e. The molecule has 132 valence electrons. The SMILES string of the molecule is O=C([C@@H]1CC(=O)N(c2cnn(CC(F)(F)F)c2)C1)N1CCOCC1. The van der Waals surface area contributed by atoms with Crippen LogP contribution in [0, 0.1) is 5.92 Å². The van der Waals surface area contributed by atoms with Gasteiger partial charge in [-0.2, -0.15) is 18.3 Å². The van der Waals surface area contributed by atoms with E-state index in [1.807, 2.05) is 0 Å². The van der Waals surface area contributed by atoms with Crippen molar-refractivity contribution >= 4 is 17.5 Å². The van der Waals surface area contributed by atoms with Gasteiger partial charge < -0.3 is 14.5 Å². The molecule has 0 bridgehead atoms. The number of rotatable bonds is 3. The van der Waals surface area contributed by atoms with Gasteiger partial charge in [-0.3, -0.25) is 14.3 Å². The lowest BCUT2D eigenvalue weighted by Gasteiger charge is -2.28. The smallest absolute Gasteiger partial charge is 0.378 e. The molecule has 24 heavy (non-hydrogen) atoms. The van der Waals surface area contributed by atoms with Gasteiger partial charge in [0.25, 0.3) is 0 Å². The third-order valence-electron chi connectivity index (χ3n) is 4.07. The molecule has 1 atom stereocenters. The summed E-state index contributed by atoms with van der Waals surface area (Å²) in [6.07, 6.45) is -1.94. The number of hydrogen-bond acceptors (Lipinski definition) is 4. The molecule has 1 aromatic rings. The molecule has 0 N–H and O–H groups in total. The maximum atomic E-state index is 12.4. The van der Waals surface area contributed by atoms with Gasteiger partial charge in [0.15, 0.2) is 0 Å². The van der Waals surface area contributed by atoms with Crippen molar-refractivity contribution in [2.75, 3.05) is 37.7 Å². The third kappa shape index (κ3) is 3.69. The molecule has 0 unspecified atom stereocenters. The predicted molar refractivity (Wildman–Crippen MR) is 76.1 cm³/mol. The molecule has 0 spiro atoms. The molecule has 1 aromatic heterocycles. The summed E-state index contributed by atoms with van der Waals surface area (Å²) in [5.74, 6) is -0.883. The molecule has 2 amide bonds. The van der Waals surface area contributed by atoms with Crippen LogP contribution in [0.25, 0.3) is 0 Å². The number of carbonyl (C=O) groups excluding carboxylic acids is 2. The van der Waals surface area contributed by atoms with E-state index in [1.165, 1.54) is 17.3 Å². The third-order valence-corrected chi connectivity index (χ3v) is 4.07. The first-order chi connectivity index (χ1) is 11.3. The summed E-state index contributed by atoms with van der Waals surface area (Å²) in [4.78, 5) is 27.6. The van der Waals surface area contributed by atoms with Crippen molar-refractivity contribution in [3.8, 4) is 0 Å². The highest BCUT2D eigenvalue weighted by Crippen LogP contribution is 2.27. The maximum Gasteiger partial charge on any atom is 0.408 e. The predicted octanol–water partition coefficient (Wildman–Crippen LogP) is 0.657. The van der Waals surface area contributed by atoms with Gasteiger partial charge >= 0.3 is 6.18 Å². The Morgan fingerprint density at radius 2 is 2.04 bits per heavy atom. The number of anilines is 1. The fourth-order valence-electron chi connectivity index (χ4n) is 2.93. The van der Waals surface area contributed by atoms with Gasteiger partial charge in [-0.15, -0.1) is 0 Å². The molecule has 2 aliphatic heterocycles. The second-order valence-corrected chi connectivity index (χ2v) is 5.85. The topological polar surface area (TPSA) is 67.7 Å². The highest BCUT2D eigenvalue weighted by Gasteiger charge is 2.38. The van der Waals surface area contributed by atoms with Gasteiger partial charge in [0, 0.05) is 32.3 Å². The minimum absolute atomic E-state index is 0.0562. The lowest BCUT2D eigenvalue weighted by molar-refractivity contribution is -0.142. The molecule has 0 aromatic carbocycles. The van der Waals surface area contributed by atoms with E-state index in [-0.39, 0.29) is 30.5 Å². The molecule has 7 nitrogen and oxygen atoms in total. The molecule has 0 radical (unpaired) electrons. The number of alkyl halides is 3. The summed E-state index contributed by atoms with van der Waals surface area (Å²) >= 11 is 0. The van der Waals surface area contributed by atoms with Crippen molar-refractivity contribution in [3.63, 3.8) is 0 Å². The summed E-state index contributed by atoms with van der Waals surface area (Å²) in [5.41, 5.74) is 0.279. The number of halogens is 3. The summed E-state index contributed by atoms with van der Waals surface area (Å²) in [7, 11) is 0. The first kappa shape index (κ1) is 16.7. The van der Waals surface area contributed by atoms with Crippen LogP contribution in [0.15, 0.2) is 12.4 Å². The normalized spacial score (nSPS) is 22.3. The fourth-order valence-corrected chi connectivity index (χ4v) is 2.93. The molecule has 0 saturated carbocycles. The molecule has 2 saturated heterocycles. The zero-order chi connectivity index (χ0) is 17.3. The van der Waals surface area contributed by atoms with E-state index in [9.17, 15) is 22.8 Å². The molecular weight excluding hydrogens is 329 g/mol. The van der Waals surface area contributed by atoms with Crippen LogP contribution in [0.3, 0.4) is 0 Å². The van der Waals surface area contributed by atoms with Gasteiger partial charge in [-0.25, -0.2) is 0 Å². The number of hydrogen-bond donors (Lipinski definition) is 0. The van der Waals surface area contributed by atoms with Crippen LogP contribution in [0.2, 0.25) is 0 Å². The van der Waals surface area contributed by atoms with Crippen molar-refractivity contribution in [2.45, 2.75) is 19.1 Å². The van der Waals surface area contributed by atoms with E-state index < -0.39 is 18.6 Å². The Labute approximate surface area is 135 Å². The Hall–Kier alpha value is -2.10. The number of aromatic nitrogens is 2. The van der Waals surface area contributed by atoms with Gasteiger partial charge in [0.2, 0.25) is 11.8 Å². The minimum Gasteiger partial charge on any atom is -0.378 e. The van der Waals surface area contributed by atoms with E-state index in [0.717, 1.165) is 4.68 Å². The molecule has 3 heterocycles.